The number of aryl methyl sites for hydroxylation is 1. The molecule has 0 aliphatic heterocycles. The van der Waals surface area contributed by atoms with Gasteiger partial charge in [-0.15, -0.1) is 0 Å². The molecule has 0 saturated carbocycles. The lowest BCUT2D eigenvalue weighted by Crippen LogP contribution is -2.43. The third-order valence-corrected chi connectivity index (χ3v) is 5.54. The molecule has 7 nitrogen and oxygen atoms in total. The number of ether oxygens (including phenoxy) is 1. The van der Waals surface area contributed by atoms with E-state index in [1.807, 2.05) is 24.3 Å². The minimum absolute atomic E-state index is 0.0817. The zero-order valence-electron chi connectivity index (χ0n) is 20.9. The van der Waals surface area contributed by atoms with Crippen LogP contribution in [0.1, 0.15) is 64.9 Å². The predicted molar refractivity (Wildman–Crippen MR) is 133 cm³/mol. The topological polar surface area (TPSA) is 93.5 Å². The summed E-state index contributed by atoms with van der Waals surface area (Å²) in [5.74, 6) is -0.329. The molecule has 1 aromatic heterocycles. The van der Waals surface area contributed by atoms with Gasteiger partial charge in [-0.1, -0.05) is 57.2 Å². The van der Waals surface area contributed by atoms with Crippen molar-refractivity contribution in [3.63, 3.8) is 0 Å². The Bertz CT molecular complexity index is 1150. The summed E-state index contributed by atoms with van der Waals surface area (Å²) in [6.07, 6.45) is -0.158. The fourth-order valence-corrected chi connectivity index (χ4v) is 3.77. The first-order chi connectivity index (χ1) is 15.8. The van der Waals surface area contributed by atoms with Crippen LogP contribution in [0.2, 0.25) is 0 Å². The van der Waals surface area contributed by atoms with Crippen LogP contribution in [0, 0.1) is 0 Å². The first kappa shape index (κ1) is 25.3. The van der Waals surface area contributed by atoms with Gasteiger partial charge in [0.15, 0.2) is 0 Å². The Labute approximate surface area is 201 Å². The number of carboxylic acid groups (broad SMARTS) is 1. The average Bonchev–Trinajstić information content (AvgIpc) is 3.07. The normalized spacial score (nSPS) is 13.0. The summed E-state index contributed by atoms with van der Waals surface area (Å²) in [7, 11) is 0. The second kappa shape index (κ2) is 9.87. The van der Waals surface area contributed by atoms with Crippen LogP contribution in [0.5, 0.6) is 0 Å². The number of hydrogen-bond acceptors (Lipinski definition) is 4. The van der Waals surface area contributed by atoms with Gasteiger partial charge in [-0.2, -0.15) is 0 Å². The van der Waals surface area contributed by atoms with Gasteiger partial charge in [-0.05, 0) is 55.9 Å². The Hall–Kier alpha value is -3.35. The number of amides is 1. The van der Waals surface area contributed by atoms with E-state index in [4.69, 9.17) is 9.72 Å². The number of para-hydroxylation sites is 2. The van der Waals surface area contributed by atoms with Crippen LogP contribution in [0.15, 0.2) is 48.5 Å². The summed E-state index contributed by atoms with van der Waals surface area (Å²) in [5, 5.41) is 12.1. The molecule has 0 saturated heterocycles. The van der Waals surface area contributed by atoms with Crippen molar-refractivity contribution in [2.45, 2.75) is 78.0 Å². The molecule has 0 radical (unpaired) electrons. The first-order valence-corrected chi connectivity index (χ1v) is 11.6. The quantitative estimate of drug-likeness (QED) is 0.494. The molecule has 0 spiro atoms. The van der Waals surface area contributed by atoms with E-state index in [-0.39, 0.29) is 11.8 Å². The van der Waals surface area contributed by atoms with Gasteiger partial charge in [-0.3, -0.25) is 0 Å². The zero-order valence-corrected chi connectivity index (χ0v) is 20.9. The number of nitrogens with one attached hydrogen (secondary N) is 1. The number of carbonyl (C=O) groups excluding carboxylic acids is 1. The lowest BCUT2D eigenvalue weighted by atomic mass is 9.87. The Balaban J connectivity index is 1.81. The predicted octanol–water partition coefficient (Wildman–Crippen LogP) is 5.29. The number of aromatic nitrogens is 2. The van der Waals surface area contributed by atoms with Gasteiger partial charge in [0.2, 0.25) is 0 Å². The minimum atomic E-state index is -1.11. The van der Waals surface area contributed by atoms with Crippen LogP contribution in [0.25, 0.3) is 11.0 Å². The minimum Gasteiger partial charge on any atom is -0.480 e. The van der Waals surface area contributed by atoms with Crippen LogP contribution >= 0.6 is 0 Å². The van der Waals surface area contributed by atoms with E-state index in [0.29, 0.717) is 13.0 Å². The number of aliphatic carboxylic acids is 1. The standard InChI is InChI=1S/C27H35N3O4/c1-26(2,3)19-13-11-18(12-14-19)17-30-22-10-8-7-9-20(22)28-23(30)16-15-21(24(31)32)29-25(33)34-27(4,5)6/h7-14,21H,15-17H2,1-6H3,(H,29,33)(H,31,32). The van der Waals surface area contributed by atoms with Crippen molar-refractivity contribution in [3.8, 4) is 0 Å². The molecule has 2 N–H and O–H groups in total. The van der Waals surface area contributed by atoms with E-state index >= 15 is 0 Å². The smallest absolute Gasteiger partial charge is 0.408 e. The van der Waals surface area contributed by atoms with Crippen LogP contribution in [0.3, 0.4) is 0 Å². The fraction of sp³-hybridized carbons (Fsp3) is 0.444. The highest BCUT2D eigenvalue weighted by Gasteiger charge is 2.25. The van der Waals surface area contributed by atoms with Crippen molar-refractivity contribution in [2.24, 2.45) is 0 Å². The third kappa shape index (κ3) is 6.59. The summed E-state index contributed by atoms with van der Waals surface area (Å²) in [4.78, 5) is 28.7. The molecule has 2 aromatic carbocycles. The van der Waals surface area contributed by atoms with E-state index in [1.165, 1.54) is 5.56 Å². The Kier molecular flexibility index (Phi) is 7.34. The van der Waals surface area contributed by atoms with E-state index in [9.17, 15) is 14.7 Å². The summed E-state index contributed by atoms with van der Waals surface area (Å²) >= 11 is 0. The Morgan fingerprint density at radius 2 is 1.68 bits per heavy atom. The average molecular weight is 466 g/mol. The largest absolute Gasteiger partial charge is 0.480 e. The van der Waals surface area contributed by atoms with E-state index in [2.05, 4.69) is 54.9 Å². The molecule has 1 heterocycles. The molecule has 0 fully saturated rings. The molecular formula is C27H35N3O4. The lowest BCUT2D eigenvalue weighted by molar-refractivity contribution is -0.139. The van der Waals surface area contributed by atoms with E-state index in [0.717, 1.165) is 22.4 Å². The van der Waals surface area contributed by atoms with Crippen LogP contribution in [-0.4, -0.2) is 38.4 Å². The molecule has 0 bridgehead atoms. The van der Waals surface area contributed by atoms with Crippen molar-refractivity contribution in [3.05, 3.63) is 65.5 Å². The lowest BCUT2D eigenvalue weighted by Gasteiger charge is -2.22. The second-order valence-electron chi connectivity index (χ2n) is 10.6. The highest BCUT2D eigenvalue weighted by Crippen LogP contribution is 2.24. The molecule has 1 unspecified atom stereocenters. The molecule has 7 heteroatoms. The van der Waals surface area contributed by atoms with Gasteiger partial charge in [0.1, 0.15) is 17.5 Å². The Morgan fingerprint density at radius 3 is 2.26 bits per heavy atom. The number of imidazole rings is 1. The number of benzene rings is 2. The molecule has 1 atom stereocenters. The highest BCUT2D eigenvalue weighted by atomic mass is 16.6. The van der Waals surface area contributed by atoms with Gasteiger partial charge >= 0.3 is 12.1 Å². The molecule has 0 aliphatic rings. The molecule has 3 rings (SSSR count). The maximum absolute atomic E-state index is 12.1. The first-order valence-electron chi connectivity index (χ1n) is 11.6. The Morgan fingerprint density at radius 1 is 1.03 bits per heavy atom. The molecule has 182 valence electrons. The van der Waals surface area contributed by atoms with Crippen LogP contribution < -0.4 is 5.32 Å². The van der Waals surface area contributed by atoms with Gasteiger partial charge < -0.3 is 19.7 Å². The molecule has 0 aliphatic carbocycles. The fourth-order valence-electron chi connectivity index (χ4n) is 3.77. The van der Waals surface area contributed by atoms with Crippen LogP contribution in [-0.2, 0) is 27.9 Å². The molecule has 1 amide bonds. The maximum Gasteiger partial charge on any atom is 0.408 e. The molecule has 34 heavy (non-hydrogen) atoms. The van der Waals surface area contributed by atoms with Crippen LogP contribution in [0.4, 0.5) is 4.79 Å². The van der Waals surface area contributed by atoms with Crippen molar-refractivity contribution in [2.75, 3.05) is 0 Å². The number of hydrogen-bond donors (Lipinski definition) is 2. The van der Waals surface area contributed by atoms with Crippen molar-refractivity contribution < 1.29 is 19.4 Å². The molecule has 3 aromatic rings. The number of nitrogens with zero attached hydrogens (tertiary/aromatic N) is 2. The van der Waals surface area contributed by atoms with Gasteiger partial charge in [0.05, 0.1) is 11.0 Å². The van der Waals surface area contributed by atoms with Gasteiger partial charge in [-0.25, -0.2) is 14.6 Å². The zero-order chi connectivity index (χ0) is 25.1. The second-order valence-corrected chi connectivity index (χ2v) is 10.6. The number of fused-ring (bicyclic) bond motifs is 1. The highest BCUT2D eigenvalue weighted by molar-refractivity contribution is 5.80. The van der Waals surface area contributed by atoms with E-state index < -0.39 is 23.7 Å². The monoisotopic (exact) mass is 465 g/mol. The summed E-state index contributed by atoms with van der Waals surface area (Å²) in [6, 6.07) is 15.4. The number of carboxylic acids is 1. The van der Waals surface area contributed by atoms with Crippen molar-refractivity contribution in [1.29, 1.82) is 0 Å². The number of alkyl carbamates (subject to hydrolysis) is 1. The summed E-state index contributed by atoms with van der Waals surface area (Å²) in [5.41, 5.74) is 3.63. The summed E-state index contributed by atoms with van der Waals surface area (Å²) in [6.45, 7) is 12.4. The maximum atomic E-state index is 12.1. The molecular weight excluding hydrogens is 430 g/mol. The van der Waals surface area contributed by atoms with Gasteiger partial charge in [0.25, 0.3) is 0 Å². The van der Waals surface area contributed by atoms with Gasteiger partial charge in [0, 0.05) is 13.0 Å². The summed E-state index contributed by atoms with van der Waals surface area (Å²) < 4.78 is 7.34. The van der Waals surface area contributed by atoms with Crippen molar-refractivity contribution in [1.82, 2.24) is 14.9 Å². The number of carbonyl (C=O) groups is 2. The SMILES string of the molecule is CC(C)(C)OC(=O)NC(CCc1nc2ccccc2n1Cc1ccc(C(C)(C)C)cc1)C(=O)O. The number of rotatable bonds is 7. The third-order valence-electron chi connectivity index (χ3n) is 5.54. The van der Waals surface area contributed by atoms with Crippen molar-refractivity contribution >= 4 is 23.1 Å². The van der Waals surface area contributed by atoms with E-state index in [1.54, 1.807) is 20.8 Å².